The fourth-order valence-corrected chi connectivity index (χ4v) is 22.9. The first-order valence-electron chi connectivity index (χ1n) is 46.4. The van der Waals surface area contributed by atoms with Crippen molar-refractivity contribution in [3.63, 3.8) is 0 Å². The van der Waals surface area contributed by atoms with Crippen molar-refractivity contribution in [3.8, 4) is 139 Å². The second kappa shape index (κ2) is 47.5. The van der Waals surface area contributed by atoms with Crippen LogP contribution >= 0.6 is 58.8 Å². The van der Waals surface area contributed by atoms with Gasteiger partial charge in [0.15, 0.2) is 39.0 Å². The summed E-state index contributed by atoms with van der Waals surface area (Å²) < 4.78 is 56.9. The molecule has 36 heteroatoms. The average molecular weight is 1990 g/mol. The van der Waals surface area contributed by atoms with E-state index in [1.54, 1.807) is 64.3 Å². The minimum atomic E-state index is -0.352. The number of hydrogen-bond donors (Lipinski definition) is 2. The maximum atomic E-state index is 14.0. The number of carbonyl (C=O) groups is 1. The van der Waals surface area contributed by atoms with Gasteiger partial charge in [0.25, 0.3) is 5.56 Å². The Bertz CT molecular complexity index is 6640. The lowest BCUT2D eigenvalue weighted by Crippen LogP contribution is -2.50. The van der Waals surface area contributed by atoms with E-state index in [9.17, 15) is 9.59 Å². The number of ether oxygens (including phenoxy) is 10. The van der Waals surface area contributed by atoms with Crippen LogP contribution in [0.4, 0.5) is 4.79 Å². The van der Waals surface area contributed by atoms with Gasteiger partial charge in [-0.1, -0.05) is 142 Å². The number of nitrogens with one attached hydrogen (secondary N) is 2. The molecule has 730 valence electrons. The Hall–Kier alpha value is -13.0. The van der Waals surface area contributed by atoms with Crippen molar-refractivity contribution < 1.29 is 52.2 Å². The van der Waals surface area contributed by atoms with Gasteiger partial charge in [0.05, 0.1) is 130 Å². The van der Waals surface area contributed by atoms with Gasteiger partial charge in [-0.15, -0.1) is 6.58 Å². The molecule has 5 aliphatic carbocycles. The van der Waals surface area contributed by atoms with Crippen molar-refractivity contribution in [2.75, 3.05) is 144 Å². The standard InChI is InChI=1S/C25H31N3O4S.C21H21N5O2S.C20H22N4O2S.C20H21N3O2S.C19H18N4O2S/c1-4-12-28-22(29)20-21(26-23(28)33-16-15-31-3)19-9-7-6-8-18(19)17-25(20)10-13-27(14-11-25)24(30)32-5-2;1-27-15-2-3-16-14(12-15)13-21(4-8-24-9-5-21)17-18(16)25-20(29-11-7-23)26-19(17)28-10-6-22;1-25-14-3-4-15-13(11-14)12-20(5-8-22-9-6-20)16-17(15)23-19(27-10-7-21)24-18(16)26-2;1-5-9-25-18-16-17(22-19(23-18)26-10-8-21)15-11-14(24-4)7-6-13(15)12-20(16,2)3;1-19(2)11-12-4-5-13(24-3)10-14(12)16-15(19)17(25-8-6-20)23-18(22-16)26-9-7-21/h4,6-9H,1,5,10-17H2,2-3H3;2-3,12,24H,4-5,8-11,13H2,1H3;3-4,11,22H,5-6,8-10,12H2,1-2H3;5-7,11H,1,9-10,12H2,2-4H3;4-5,10H,8-9,11H2,1-3H3. The molecular formula is C105H113N19O12S5. The van der Waals surface area contributed by atoms with E-state index >= 15 is 0 Å². The van der Waals surface area contributed by atoms with Gasteiger partial charge >= 0.3 is 6.09 Å². The normalized spacial score (nSPS) is 15.5. The average Bonchev–Trinajstić information content (AvgIpc) is 0.718. The minimum absolute atomic E-state index is 0.00101. The van der Waals surface area contributed by atoms with Crippen LogP contribution in [0.3, 0.4) is 0 Å². The largest absolute Gasteiger partial charge is 0.497 e. The van der Waals surface area contributed by atoms with E-state index in [0.29, 0.717) is 113 Å². The first kappa shape index (κ1) is 104. The summed E-state index contributed by atoms with van der Waals surface area (Å²) in [7, 11) is 9.99. The highest BCUT2D eigenvalue weighted by Crippen LogP contribution is 2.56. The van der Waals surface area contributed by atoms with E-state index in [4.69, 9.17) is 104 Å². The van der Waals surface area contributed by atoms with Crippen LogP contribution in [0.15, 0.2) is 153 Å². The number of likely N-dealkylation sites (tertiary alicyclic amines) is 1. The Morgan fingerprint density at radius 1 is 0.433 bits per heavy atom. The Morgan fingerprint density at radius 3 is 1.26 bits per heavy atom. The number of aromatic nitrogens is 10. The molecule has 3 fully saturated rings. The van der Waals surface area contributed by atoms with Gasteiger partial charge in [-0.25, -0.2) is 29.7 Å². The van der Waals surface area contributed by atoms with Crippen LogP contribution in [0, 0.1) is 68.0 Å². The summed E-state index contributed by atoms with van der Waals surface area (Å²) in [5.41, 5.74) is 19.2. The van der Waals surface area contributed by atoms with Crippen molar-refractivity contribution in [2.24, 2.45) is 0 Å². The summed E-state index contributed by atoms with van der Waals surface area (Å²) in [5.74, 6) is 7.11. The Balaban J connectivity index is 0.000000141. The second-order valence-electron chi connectivity index (χ2n) is 35.7. The first-order valence-corrected chi connectivity index (χ1v) is 51.3. The first-order chi connectivity index (χ1) is 68.4. The summed E-state index contributed by atoms with van der Waals surface area (Å²) in [6, 6.07) is 45.0. The van der Waals surface area contributed by atoms with E-state index in [1.165, 1.54) is 86.6 Å². The molecule has 141 heavy (non-hydrogen) atoms. The number of rotatable bonds is 27. The van der Waals surface area contributed by atoms with E-state index in [0.717, 1.165) is 191 Å². The van der Waals surface area contributed by atoms with Crippen LogP contribution in [-0.2, 0) is 75.2 Å². The molecule has 0 unspecified atom stereocenters. The molecule has 8 heterocycles. The lowest BCUT2D eigenvalue weighted by Gasteiger charge is -2.44. The number of carbonyl (C=O) groups excluding carboxylic acids is 1. The molecule has 10 aromatic rings. The number of nitrogens with zero attached hydrogens (tertiary/aromatic N) is 17. The van der Waals surface area contributed by atoms with E-state index in [2.05, 4.69) is 138 Å². The zero-order valence-electron chi connectivity index (χ0n) is 81.1. The highest BCUT2D eigenvalue weighted by atomic mass is 32.2. The number of nitriles is 6. The molecule has 0 saturated carbocycles. The number of amides is 1. The zero-order chi connectivity index (χ0) is 100. The molecule has 31 nitrogen and oxygen atoms in total. The summed E-state index contributed by atoms with van der Waals surface area (Å²) in [6.45, 7) is 24.4. The summed E-state index contributed by atoms with van der Waals surface area (Å²) in [4.78, 5) is 70.5. The van der Waals surface area contributed by atoms with Crippen molar-refractivity contribution in [2.45, 2.75) is 165 Å². The third-order valence-corrected chi connectivity index (χ3v) is 30.0. The number of benzene rings is 5. The Kier molecular flexibility index (Phi) is 35.0. The molecule has 3 aliphatic heterocycles. The van der Waals surface area contributed by atoms with Crippen molar-refractivity contribution >= 4 is 64.9 Å². The summed E-state index contributed by atoms with van der Waals surface area (Å²) in [6.07, 6.45) is 12.7. The van der Waals surface area contributed by atoms with Gasteiger partial charge in [-0.2, -0.15) is 51.5 Å². The third-order valence-electron chi connectivity index (χ3n) is 26.2. The van der Waals surface area contributed by atoms with Crippen molar-refractivity contribution in [1.29, 1.82) is 31.6 Å². The highest BCUT2D eigenvalue weighted by molar-refractivity contribution is 8.00. The van der Waals surface area contributed by atoms with Crippen LogP contribution in [-0.4, -0.2) is 204 Å². The van der Waals surface area contributed by atoms with Crippen LogP contribution in [0.1, 0.15) is 129 Å². The van der Waals surface area contributed by atoms with Crippen LogP contribution in [0.2, 0.25) is 0 Å². The quantitative estimate of drug-likeness (QED) is 0.0209. The lowest BCUT2D eigenvalue weighted by atomic mass is 9.64. The highest BCUT2D eigenvalue weighted by Gasteiger charge is 2.49. The number of fused-ring (bicyclic) bond motifs is 18. The van der Waals surface area contributed by atoms with Gasteiger partial charge < -0.3 is 62.9 Å². The molecule has 2 N–H and O–H groups in total. The molecule has 0 radical (unpaired) electrons. The minimum Gasteiger partial charge on any atom is -0.497 e. The molecular weight excluding hydrogens is 1880 g/mol. The molecule has 8 aliphatic rings. The van der Waals surface area contributed by atoms with Gasteiger partial charge in [0.1, 0.15) is 41.7 Å². The van der Waals surface area contributed by atoms with E-state index in [1.807, 2.05) is 73.7 Å². The second-order valence-corrected chi connectivity index (χ2v) is 40.5. The molecule has 5 aromatic carbocycles. The predicted octanol–water partition coefficient (Wildman–Crippen LogP) is 17.4. The van der Waals surface area contributed by atoms with Crippen molar-refractivity contribution in [3.05, 3.63) is 188 Å². The van der Waals surface area contributed by atoms with Gasteiger partial charge in [0.2, 0.25) is 23.5 Å². The molecule has 18 rings (SSSR count). The number of piperidine rings is 3. The van der Waals surface area contributed by atoms with E-state index in [-0.39, 0.29) is 69.2 Å². The lowest BCUT2D eigenvalue weighted by molar-refractivity contribution is 0.0854. The molecule has 0 atom stereocenters. The smallest absolute Gasteiger partial charge is 0.409 e. The van der Waals surface area contributed by atoms with Gasteiger partial charge in [0, 0.05) is 110 Å². The van der Waals surface area contributed by atoms with Crippen LogP contribution in [0.25, 0.3) is 56.3 Å². The number of thioether (sulfide) groups is 5. The predicted molar refractivity (Wildman–Crippen MR) is 544 cm³/mol. The fraction of sp³-hybridized carbons (Fsp3) is 0.419. The van der Waals surface area contributed by atoms with Crippen molar-refractivity contribution in [1.82, 2.24) is 65.0 Å². The monoisotopic (exact) mass is 1990 g/mol. The molecule has 0 bridgehead atoms. The topological polar surface area (TPSA) is 417 Å². The SMILES string of the molecule is C=CCOc1nc(SCC#N)nc2c1C(C)(C)Cc1ccc(OC)cc1-2.C=CCn1c(SCCOC)nc2c(c1=O)C1(CCN(C(=O)OCC)CC1)Cc1ccccc1-2.COc1ccc2c(c1)-c1nc(SCC#N)nc(OCC#N)c1C(C)(C)C2.COc1ccc2c(c1)CC1(CCNCC1)c1c(OC)nc(SCC#N)nc1-2.COc1ccc2c(c1)CC1(CCNCC1)c1c(OCC#N)nc(SCC#N)nc1-2. The maximum Gasteiger partial charge on any atom is 0.409 e. The molecule has 3 saturated heterocycles. The fourth-order valence-electron chi connectivity index (χ4n) is 20.0. The summed E-state index contributed by atoms with van der Waals surface area (Å²) >= 11 is 6.70. The van der Waals surface area contributed by atoms with E-state index < -0.39 is 0 Å². The van der Waals surface area contributed by atoms with Crippen LogP contribution < -0.4 is 54.1 Å². The molecule has 1 amide bonds. The van der Waals surface area contributed by atoms with Gasteiger partial charge in [-0.3, -0.25) is 9.36 Å². The summed E-state index contributed by atoms with van der Waals surface area (Å²) in [5, 5.41) is 63.3. The molecule has 3 spiro atoms. The van der Waals surface area contributed by atoms with Gasteiger partial charge in [-0.05, 0) is 192 Å². The third kappa shape index (κ3) is 23.0. The Labute approximate surface area is 843 Å². The maximum absolute atomic E-state index is 14.0. The zero-order valence-corrected chi connectivity index (χ0v) is 85.2. The Morgan fingerprint density at radius 2 is 0.830 bits per heavy atom. The number of allylic oxidation sites excluding steroid dienone is 1. The number of hydrogen-bond acceptors (Lipinski definition) is 34. The number of methoxy groups -OCH3 is 6. The van der Waals surface area contributed by atoms with Crippen LogP contribution in [0.5, 0.6) is 46.5 Å². The molecule has 5 aromatic heterocycles.